The van der Waals surface area contributed by atoms with E-state index in [1.54, 1.807) is 41.3 Å². The Kier molecular flexibility index (Phi) is 7.59. The summed E-state index contributed by atoms with van der Waals surface area (Å²) < 4.78 is 18.8. The average molecular weight is 478 g/mol. The van der Waals surface area contributed by atoms with Crippen LogP contribution in [0, 0.1) is 5.82 Å². The Balaban J connectivity index is 1.53. The van der Waals surface area contributed by atoms with Crippen LogP contribution in [-0.4, -0.2) is 33.7 Å². The minimum atomic E-state index is -0.633. The molecule has 174 valence electrons. The van der Waals surface area contributed by atoms with Crippen LogP contribution in [-0.2, 0) is 16.1 Å². The van der Waals surface area contributed by atoms with Gasteiger partial charge in [-0.05, 0) is 61.0 Å². The van der Waals surface area contributed by atoms with Gasteiger partial charge in [-0.2, -0.15) is 0 Å². The number of nitrogens with zero attached hydrogens (tertiary/aromatic N) is 2. The van der Waals surface area contributed by atoms with Gasteiger partial charge in [-0.25, -0.2) is 9.38 Å². The highest BCUT2D eigenvalue weighted by Gasteiger charge is 2.36. The third-order valence-corrected chi connectivity index (χ3v) is 6.29. The molecule has 0 aliphatic carbocycles. The molecule has 1 atom stereocenters. The number of ether oxygens (including phenoxy) is 1. The lowest BCUT2D eigenvalue weighted by Crippen LogP contribution is -2.44. The van der Waals surface area contributed by atoms with Gasteiger partial charge in [0.1, 0.15) is 16.8 Å². The van der Waals surface area contributed by atoms with Crippen LogP contribution in [0.4, 0.5) is 15.8 Å². The molecule has 4 rings (SSSR count). The van der Waals surface area contributed by atoms with Crippen molar-refractivity contribution >= 4 is 40.1 Å². The first-order valence-electron chi connectivity index (χ1n) is 10.9. The molecule has 1 unspecified atom stereocenters. The Morgan fingerprint density at radius 2 is 1.79 bits per heavy atom. The number of nitrogens with one attached hydrogen (secondary N) is 1. The van der Waals surface area contributed by atoms with Gasteiger partial charge in [-0.1, -0.05) is 42.1 Å². The summed E-state index contributed by atoms with van der Waals surface area (Å²) in [6, 6.07) is 22.3. The first kappa shape index (κ1) is 23.5. The van der Waals surface area contributed by atoms with Gasteiger partial charge in [-0.3, -0.25) is 14.5 Å². The van der Waals surface area contributed by atoms with E-state index < -0.39 is 5.25 Å². The molecular weight excluding hydrogens is 453 g/mol. The molecule has 1 heterocycles. The number of rotatable bonds is 7. The average Bonchev–Trinajstić information content (AvgIpc) is 2.84. The molecule has 8 heteroatoms. The number of hydrogen-bond donors (Lipinski definition) is 1. The number of carbonyl (C=O) groups excluding carboxylic acids is 2. The maximum atomic E-state index is 13.3. The number of thioether (sulfide) groups is 1. The first-order chi connectivity index (χ1) is 16.5. The van der Waals surface area contributed by atoms with Gasteiger partial charge in [0.15, 0.2) is 5.17 Å². The van der Waals surface area contributed by atoms with Gasteiger partial charge in [0.05, 0.1) is 18.8 Å². The largest absolute Gasteiger partial charge is 0.494 e. The zero-order chi connectivity index (χ0) is 23.9. The standard InChI is InChI=1S/C26H24FN3O3S/c1-2-33-22-14-12-21(13-15-22)28-25(32)23-16-24(31)30(17-18-8-10-19(27)11-9-18)26(34-23)29-20-6-4-3-5-7-20/h3-15,23H,2,16-17H2,1H3,(H,28,32). The lowest BCUT2D eigenvalue weighted by molar-refractivity contribution is -0.129. The van der Waals surface area contributed by atoms with Crippen molar-refractivity contribution < 1.29 is 18.7 Å². The molecule has 3 aromatic carbocycles. The van der Waals surface area contributed by atoms with E-state index in [0.29, 0.717) is 23.1 Å². The molecule has 0 radical (unpaired) electrons. The van der Waals surface area contributed by atoms with E-state index in [0.717, 1.165) is 11.3 Å². The topological polar surface area (TPSA) is 71.0 Å². The molecule has 6 nitrogen and oxygen atoms in total. The number of carbonyl (C=O) groups is 2. The van der Waals surface area contributed by atoms with Crippen LogP contribution in [0.1, 0.15) is 18.9 Å². The molecule has 2 amide bonds. The monoisotopic (exact) mass is 477 g/mol. The van der Waals surface area contributed by atoms with Crippen LogP contribution >= 0.6 is 11.8 Å². The third-order valence-electron chi connectivity index (χ3n) is 5.10. The van der Waals surface area contributed by atoms with E-state index in [4.69, 9.17) is 4.74 Å². The Morgan fingerprint density at radius 1 is 1.09 bits per heavy atom. The first-order valence-corrected chi connectivity index (χ1v) is 11.8. The predicted octanol–water partition coefficient (Wildman–Crippen LogP) is 5.38. The lowest BCUT2D eigenvalue weighted by Gasteiger charge is -2.32. The summed E-state index contributed by atoms with van der Waals surface area (Å²) in [7, 11) is 0. The minimum Gasteiger partial charge on any atom is -0.494 e. The van der Waals surface area contributed by atoms with Gasteiger partial charge in [0.25, 0.3) is 0 Å². The molecule has 34 heavy (non-hydrogen) atoms. The van der Waals surface area contributed by atoms with Gasteiger partial charge in [0, 0.05) is 12.1 Å². The van der Waals surface area contributed by atoms with Crippen molar-refractivity contribution in [1.29, 1.82) is 0 Å². The zero-order valence-corrected chi connectivity index (χ0v) is 19.4. The second-order valence-electron chi connectivity index (χ2n) is 7.59. The van der Waals surface area contributed by atoms with Crippen molar-refractivity contribution in [1.82, 2.24) is 4.90 Å². The molecule has 0 spiro atoms. The summed E-state index contributed by atoms with van der Waals surface area (Å²) in [5, 5.41) is 2.67. The highest BCUT2D eigenvalue weighted by molar-refractivity contribution is 8.15. The molecule has 0 aromatic heterocycles. The minimum absolute atomic E-state index is 0.0303. The smallest absolute Gasteiger partial charge is 0.238 e. The van der Waals surface area contributed by atoms with Crippen molar-refractivity contribution in [2.24, 2.45) is 4.99 Å². The number of aliphatic imine (C=N–C) groups is 1. The van der Waals surface area contributed by atoms with Crippen LogP contribution < -0.4 is 10.1 Å². The number of anilines is 1. The summed E-state index contributed by atoms with van der Waals surface area (Å²) in [6.07, 6.45) is 0.0303. The maximum Gasteiger partial charge on any atom is 0.238 e. The van der Waals surface area contributed by atoms with E-state index >= 15 is 0 Å². The second-order valence-corrected chi connectivity index (χ2v) is 8.76. The summed E-state index contributed by atoms with van der Waals surface area (Å²) >= 11 is 1.24. The van der Waals surface area contributed by atoms with Crippen molar-refractivity contribution in [2.75, 3.05) is 11.9 Å². The fourth-order valence-corrected chi connectivity index (χ4v) is 4.50. The molecule has 1 saturated heterocycles. The van der Waals surface area contributed by atoms with Crippen molar-refractivity contribution in [3.05, 3.63) is 90.2 Å². The van der Waals surface area contributed by atoms with Crippen LogP contribution in [0.2, 0.25) is 0 Å². The highest BCUT2D eigenvalue weighted by atomic mass is 32.2. The Labute approximate surface area is 201 Å². The lowest BCUT2D eigenvalue weighted by atomic mass is 10.2. The van der Waals surface area contributed by atoms with Crippen LogP contribution in [0.5, 0.6) is 5.75 Å². The number of para-hydroxylation sites is 1. The van der Waals surface area contributed by atoms with Crippen molar-refractivity contribution in [3.63, 3.8) is 0 Å². The Morgan fingerprint density at radius 3 is 2.47 bits per heavy atom. The fourth-order valence-electron chi connectivity index (χ4n) is 3.41. The quantitative estimate of drug-likeness (QED) is 0.496. The molecule has 1 aliphatic heterocycles. The summed E-state index contributed by atoms with van der Waals surface area (Å²) in [4.78, 5) is 32.3. The summed E-state index contributed by atoms with van der Waals surface area (Å²) in [5.74, 6) is -0.113. The number of halogens is 1. The zero-order valence-electron chi connectivity index (χ0n) is 18.6. The third kappa shape index (κ3) is 6.02. The van der Waals surface area contributed by atoms with Gasteiger partial charge in [0.2, 0.25) is 11.8 Å². The van der Waals surface area contributed by atoms with Crippen LogP contribution in [0.3, 0.4) is 0 Å². The Bertz CT molecular complexity index is 1170. The predicted molar refractivity (Wildman–Crippen MR) is 133 cm³/mol. The number of amides is 2. The molecule has 3 aromatic rings. The molecule has 0 saturated carbocycles. The van der Waals surface area contributed by atoms with E-state index in [1.165, 1.54) is 23.9 Å². The highest BCUT2D eigenvalue weighted by Crippen LogP contribution is 2.31. The van der Waals surface area contributed by atoms with E-state index in [-0.39, 0.29) is 30.6 Å². The van der Waals surface area contributed by atoms with Gasteiger partial charge in [-0.15, -0.1) is 0 Å². The second kappa shape index (κ2) is 11.0. The summed E-state index contributed by atoms with van der Waals surface area (Å²) in [6.45, 7) is 2.70. The van der Waals surface area contributed by atoms with Gasteiger partial charge < -0.3 is 10.1 Å². The van der Waals surface area contributed by atoms with Crippen LogP contribution in [0.15, 0.2) is 83.9 Å². The Hall–Kier alpha value is -3.65. The summed E-state index contributed by atoms with van der Waals surface area (Å²) in [5.41, 5.74) is 2.07. The van der Waals surface area contributed by atoms with E-state index in [1.807, 2.05) is 37.3 Å². The fraction of sp³-hybridized carbons (Fsp3) is 0.192. The molecule has 1 fully saturated rings. The van der Waals surface area contributed by atoms with Crippen molar-refractivity contribution in [2.45, 2.75) is 25.1 Å². The van der Waals surface area contributed by atoms with Crippen LogP contribution in [0.25, 0.3) is 0 Å². The number of hydrogen-bond acceptors (Lipinski definition) is 5. The van der Waals surface area contributed by atoms with Gasteiger partial charge >= 0.3 is 0 Å². The van der Waals surface area contributed by atoms with E-state index in [2.05, 4.69) is 10.3 Å². The number of benzene rings is 3. The van der Waals surface area contributed by atoms with Crippen molar-refractivity contribution in [3.8, 4) is 5.75 Å². The normalized spacial score (nSPS) is 17.0. The molecule has 0 bridgehead atoms. The molecule has 1 aliphatic rings. The molecule has 1 N–H and O–H groups in total. The number of amidine groups is 1. The van der Waals surface area contributed by atoms with E-state index in [9.17, 15) is 14.0 Å². The SMILES string of the molecule is CCOc1ccc(NC(=O)C2CC(=O)N(Cc3ccc(F)cc3)C(=Nc3ccccc3)S2)cc1. The molecular formula is C26H24FN3O3S. The maximum absolute atomic E-state index is 13.3.